The molecule has 0 aromatic carbocycles. The van der Waals surface area contributed by atoms with E-state index >= 15 is 0 Å². The first kappa shape index (κ1) is 9.45. The van der Waals surface area contributed by atoms with Crippen LogP contribution in [0.3, 0.4) is 0 Å². The van der Waals surface area contributed by atoms with Crippen LogP contribution < -0.4 is 0 Å². The third kappa shape index (κ3) is 2.67. The van der Waals surface area contributed by atoms with Gasteiger partial charge in [0.25, 0.3) is 0 Å². The molecule has 1 saturated heterocycles. The van der Waals surface area contributed by atoms with Gasteiger partial charge in [0.15, 0.2) is 0 Å². The molecule has 0 spiro atoms. The molecule has 0 aromatic rings. The van der Waals surface area contributed by atoms with E-state index in [1.54, 1.807) is 0 Å². The Kier molecular flexibility index (Phi) is 3.20. The molecule has 1 saturated carbocycles. The van der Waals surface area contributed by atoms with Crippen LogP contribution in [0.25, 0.3) is 0 Å². The molecule has 1 heterocycles. The molecule has 1 nitrogen and oxygen atoms in total. The summed E-state index contributed by atoms with van der Waals surface area (Å²) >= 11 is 0. The minimum absolute atomic E-state index is 0.522. The Labute approximate surface area is 80.3 Å². The SMILES string of the molecule is FC1CN(CCC2CCCCC2)C1. The number of hydrogen-bond donors (Lipinski definition) is 0. The summed E-state index contributed by atoms with van der Waals surface area (Å²) < 4.78 is 12.5. The summed E-state index contributed by atoms with van der Waals surface area (Å²) in [6.07, 6.45) is 7.93. The number of likely N-dealkylation sites (tertiary alicyclic amines) is 1. The zero-order chi connectivity index (χ0) is 9.10. The van der Waals surface area contributed by atoms with Crippen LogP contribution in [0.5, 0.6) is 0 Å². The van der Waals surface area contributed by atoms with Gasteiger partial charge in [0, 0.05) is 13.1 Å². The standard InChI is InChI=1S/C11H20FN/c12-11-8-13(9-11)7-6-10-4-2-1-3-5-10/h10-11H,1-9H2. The molecule has 1 aliphatic heterocycles. The maximum absolute atomic E-state index is 12.5. The highest BCUT2D eigenvalue weighted by molar-refractivity contribution is 4.80. The lowest BCUT2D eigenvalue weighted by Crippen LogP contribution is -2.48. The van der Waals surface area contributed by atoms with Crippen LogP contribution in [0, 0.1) is 5.92 Å². The summed E-state index contributed by atoms with van der Waals surface area (Å²) in [5.74, 6) is 0.951. The van der Waals surface area contributed by atoms with Gasteiger partial charge in [-0.3, -0.25) is 4.90 Å². The van der Waals surface area contributed by atoms with Crippen LogP contribution in [0.15, 0.2) is 0 Å². The normalized spacial score (nSPS) is 27.5. The molecule has 0 unspecified atom stereocenters. The van der Waals surface area contributed by atoms with E-state index in [1.165, 1.54) is 38.5 Å². The average molecular weight is 185 g/mol. The molecule has 0 N–H and O–H groups in total. The van der Waals surface area contributed by atoms with Crippen molar-refractivity contribution in [2.45, 2.75) is 44.7 Å². The van der Waals surface area contributed by atoms with Gasteiger partial charge in [-0.2, -0.15) is 0 Å². The molecule has 0 amide bonds. The quantitative estimate of drug-likeness (QED) is 0.653. The van der Waals surface area contributed by atoms with E-state index in [1.807, 2.05) is 0 Å². The predicted octanol–water partition coefficient (Wildman–Crippen LogP) is 2.61. The van der Waals surface area contributed by atoms with E-state index < -0.39 is 6.17 Å². The Hall–Kier alpha value is -0.110. The topological polar surface area (TPSA) is 3.24 Å². The predicted molar refractivity (Wildman–Crippen MR) is 52.5 cm³/mol. The summed E-state index contributed by atoms with van der Waals surface area (Å²) in [7, 11) is 0. The lowest BCUT2D eigenvalue weighted by Gasteiger charge is -2.35. The molecule has 0 bridgehead atoms. The fraction of sp³-hybridized carbons (Fsp3) is 1.00. The highest BCUT2D eigenvalue weighted by atomic mass is 19.1. The van der Waals surface area contributed by atoms with Crippen molar-refractivity contribution >= 4 is 0 Å². The minimum Gasteiger partial charge on any atom is -0.297 e. The van der Waals surface area contributed by atoms with Crippen molar-refractivity contribution < 1.29 is 4.39 Å². The highest BCUT2D eigenvalue weighted by Gasteiger charge is 2.26. The van der Waals surface area contributed by atoms with Crippen molar-refractivity contribution in [3.63, 3.8) is 0 Å². The Morgan fingerprint density at radius 1 is 1.08 bits per heavy atom. The Bertz CT molecular complexity index is 148. The van der Waals surface area contributed by atoms with Crippen molar-refractivity contribution in [2.24, 2.45) is 5.92 Å². The van der Waals surface area contributed by atoms with Crippen LogP contribution in [0.1, 0.15) is 38.5 Å². The molecule has 2 aliphatic rings. The molecule has 0 aromatic heterocycles. The van der Waals surface area contributed by atoms with Crippen LogP contribution in [-0.2, 0) is 0 Å². The van der Waals surface area contributed by atoms with Gasteiger partial charge in [0.1, 0.15) is 6.17 Å². The third-order valence-electron chi connectivity index (χ3n) is 3.49. The van der Waals surface area contributed by atoms with Gasteiger partial charge >= 0.3 is 0 Å². The monoisotopic (exact) mass is 185 g/mol. The number of halogens is 1. The number of alkyl halides is 1. The van der Waals surface area contributed by atoms with Crippen molar-refractivity contribution in [3.8, 4) is 0 Å². The van der Waals surface area contributed by atoms with E-state index in [2.05, 4.69) is 4.90 Å². The van der Waals surface area contributed by atoms with Gasteiger partial charge in [0.05, 0.1) is 0 Å². The maximum Gasteiger partial charge on any atom is 0.125 e. The fourth-order valence-electron chi connectivity index (χ4n) is 2.53. The average Bonchev–Trinajstić information content (AvgIpc) is 2.12. The Morgan fingerprint density at radius 2 is 1.77 bits per heavy atom. The summed E-state index contributed by atoms with van der Waals surface area (Å²) in [6.45, 7) is 2.55. The molecule has 1 aliphatic carbocycles. The van der Waals surface area contributed by atoms with Gasteiger partial charge in [-0.25, -0.2) is 4.39 Å². The summed E-state index contributed by atoms with van der Waals surface area (Å²) in [6, 6.07) is 0. The second-order valence-corrected chi connectivity index (χ2v) is 4.65. The third-order valence-corrected chi connectivity index (χ3v) is 3.49. The van der Waals surface area contributed by atoms with E-state index in [0.717, 1.165) is 12.5 Å². The molecule has 13 heavy (non-hydrogen) atoms. The van der Waals surface area contributed by atoms with E-state index in [-0.39, 0.29) is 0 Å². The van der Waals surface area contributed by atoms with Gasteiger partial charge < -0.3 is 0 Å². The second kappa shape index (κ2) is 4.41. The molecule has 76 valence electrons. The van der Waals surface area contributed by atoms with Crippen molar-refractivity contribution in [3.05, 3.63) is 0 Å². The smallest absolute Gasteiger partial charge is 0.125 e. The lowest BCUT2D eigenvalue weighted by atomic mass is 9.87. The van der Waals surface area contributed by atoms with Gasteiger partial charge in [-0.05, 0) is 18.9 Å². The summed E-state index contributed by atoms with van der Waals surface area (Å²) in [5, 5.41) is 0. The zero-order valence-electron chi connectivity index (χ0n) is 8.34. The fourth-order valence-corrected chi connectivity index (χ4v) is 2.53. The van der Waals surface area contributed by atoms with Crippen molar-refractivity contribution in [1.82, 2.24) is 4.90 Å². The number of hydrogen-bond acceptors (Lipinski definition) is 1. The van der Waals surface area contributed by atoms with Crippen molar-refractivity contribution in [1.29, 1.82) is 0 Å². The zero-order valence-corrected chi connectivity index (χ0v) is 8.34. The Morgan fingerprint density at radius 3 is 2.38 bits per heavy atom. The van der Waals surface area contributed by atoms with Gasteiger partial charge in [-0.1, -0.05) is 32.1 Å². The first-order valence-electron chi connectivity index (χ1n) is 5.71. The van der Waals surface area contributed by atoms with Crippen LogP contribution in [0.4, 0.5) is 4.39 Å². The highest BCUT2D eigenvalue weighted by Crippen LogP contribution is 2.27. The van der Waals surface area contributed by atoms with Crippen LogP contribution in [0.2, 0.25) is 0 Å². The van der Waals surface area contributed by atoms with E-state index in [4.69, 9.17) is 0 Å². The molecule has 2 fully saturated rings. The maximum atomic E-state index is 12.5. The molecule has 2 rings (SSSR count). The van der Waals surface area contributed by atoms with Gasteiger partial charge in [0.2, 0.25) is 0 Å². The van der Waals surface area contributed by atoms with Crippen molar-refractivity contribution in [2.75, 3.05) is 19.6 Å². The largest absolute Gasteiger partial charge is 0.297 e. The molecular formula is C11H20FN. The number of nitrogens with zero attached hydrogens (tertiary/aromatic N) is 1. The summed E-state index contributed by atoms with van der Waals surface area (Å²) in [4.78, 5) is 2.25. The molecule has 0 atom stereocenters. The first-order valence-corrected chi connectivity index (χ1v) is 5.71. The first-order chi connectivity index (χ1) is 6.34. The minimum atomic E-state index is -0.522. The number of rotatable bonds is 3. The van der Waals surface area contributed by atoms with E-state index in [0.29, 0.717) is 13.1 Å². The molecule has 0 radical (unpaired) electrons. The van der Waals surface area contributed by atoms with Gasteiger partial charge in [-0.15, -0.1) is 0 Å². The molecular weight excluding hydrogens is 165 g/mol. The Balaban J connectivity index is 1.56. The van der Waals surface area contributed by atoms with Crippen LogP contribution in [-0.4, -0.2) is 30.7 Å². The summed E-state index contributed by atoms with van der Waals surface area (Å²) in [5.41, 5.74) is 0. The molecule has 2 heteroatoms. The van der Waals surface area contributed by atoms with Crippen LogP contribution >= 0.6 is 0 Å². The lowest BCUT2D eigenvalue weighted by molar-refractivity contribution is 0.0588. The van der Waals surface area contributed by atoms with E-state index in [9.17, 15) is 4.39 Å². The second-order valence-electron chi connectivity index (χ2n) is 4.65.